The number of nitrogens with zero attached hydrogens (tertiary/aromatic N) is 3. The molecule has 0 aliphatic heterocycles. The molecule has 0 aliphatic carbocycles. The Morgan fingerprint density at radius 1 is 0.250 bits per heavy atom. The molecule has 0 saturated carbocycles. The Hall–Kier alpha value is -6.97. The first kappa shape index (κ1) is 29.9. The van der Waals surface area contributed by atoms with E-state index >= 15 is 0 Å². The lowest BCUT2D eigenvalue weighted by Gasteiger charge is -2.14. The molecule has 0 aliphatic rings. The summed E-state index contributed by atoms with van der Waals surface area (Å²) >= 11 is 0. The van der Waals surface area contributed by atoms with Gasteiger partial charge in [0.05, 0.1) is 0 Å². The third-order valence-corrected chi connectivity index (χ3v) is 10.1. The lowest BCUT2D eigenvalue weighted by molar-refractivity contribution is 1.08. The molecule has 0 radical (unpaired) electrons. The maximum atomic E-state index is 5.21. The van der Waals surface area contributed by atoms with Crippen molar-refractivity contribution in [1.82, 2.24) is 15.0 Å². The van der Waals surface area contributed by atoms with Crippen LogP contribution in [-0.4, -0.2) is 15.0 Å². The first-order chi connectivity index (χ1) is 25.8. The third kappa shape index (κ3) is 5.10. The molecule has 52 heavy (non-hydrogen) atoms. The predicted octanol–water partition coefficient (Wildman–Crippen LogP) is 12.8. The Labute approximate surface area is 301 Å². The molecule has 1 aromatic heterocycles. The van der Waals surface area contributed by atoms with Crippen molar-refractivity contribution in [3.05, 3.63) is 188 Å². The minimum atomic E-state index is 0.643. The number of aromatic nitrogens is 3. The van der Waals surface area contributed by atoms with E-state index < -0.39 is 0 Å². The van der Waals surface area contributed by atoms with Crippen molar-refractivity contribution >= 4 is 43.1 Å². The van der Waals surface area contributed by atoms with Gasteiger partial charge in [-0.05, 0) is 71.4 Å². The summed E-state index contributed by atoms with van der Waals surface area (Å²) in [7, 11) is 0. The molecule has 242 valence electrons. The van der Waals surface area contributed by atoms with Crippen LogP contribution in [0.3, 0.4) is 0 Å². The molecule has 3 heteroatoms. The minimum Gasteiger partial charge on any atom is -0.208 e. The average Bonchev–Trinajstić information content (AvgIpc) is 3.23. The Morgan fingerprint density at radius 2 is 0.769 bits per heavy atom. The van der Waals surface area contributed by atoms with Crippen LogP contribution < -0.4 is 0 Å². The third-order valence-electron chi connectivity index (χ3n) is 10.1. The molecule has 0 fully saturated rings. The molecule has 1 heterocycles. The summed E-state index contributed by atoms with van der Waals surface area (Å²) in [5, 5.41) is 9.52. The molecule has 0 atom stereocenters. The van der Waals surface area contributed by atoms with Crippen molar-refractivity contribution < 1.29 is 0 Å². The second-order valence-corrected chi connectivity index (χ2v) is 13.2. The molecule has 10 rings (SSSR count). The molecule has 0 unspecified atom stereocenters. The zero-order chi connectivity index (χ0) is 34.4. The molecule has 0 bridgehead atoms. The van der Waals surface area contributed by atoms with Crippen LogP contribution in [0.1, 0.15) is 0 Å². The fourth-order valence-corrected chi connectivity index (χ4v) is 7.66. The highest BCUT2D eigenvalue weighted by atomic mass is 15.0. The maximum absolute atomic E-state index is 5.21. The highest BCUT2D eigenvalue weighted by molar-refractivity contribution is 6.15. The molecule has 3 nitrogen and oxygen atoms in total. The van der Waals surface area contributed by atoms with E-state index in [1.807, 2.05) is 18.2 Å². The number of hydrogen-bond acceptors (Lipinski definition) is 3. The number of hydrogen-bond donors (Lipinski definition) is 0. The quantitative estimate of drug-likeness (QED) is 0.172. The predicted molar refractivity (Wildman–Crippen MR) is 217 cm³/mol. The van der Waals surface area contributed by atoms with Crippen LogP contribution in [0, 0.1) is 0 Å². The van der Waals surface area contributed by atoms with Gasteiger partial charge in [0.15, 0.2) is 17.5 Å². The fourth-order valence-electron chi connectivity index (χ4n) is 7.66. The monoisotopic (exact) mass is 661 g/mol. The minimum absolute atomic E-state index is 0.643. The Bertz CT molecular complexity index is 2950. The van der Waals surface area contributed by atoms with Gasteiger partial charge in [0.1, 0.15) is 0 Å². The van der Waals surface area contributed by atoms with Gasteiger partial charge in [0.2, 0.25) is 0 Å². The van der Waals surface area contributed by atoms with E-state index in [1.165, 1.54) is 49.2 Å². The molecule has 0 spiro atoms. The summed E-state index contributed by atoms with van der Waals surface area (Å²) in [5.41, 5.74) is 7.69. The van der Waals surface area contributed by atoms with Crippen molar-refractivity contribution in [3.63, 3.8) is 0 Å². The van der Waals surface area contributed by atoms with Crippen molar-refractivity contribution in [2.24, 2.45) is 0 Å². The smallest absolute Gasteiger partial charge is 0.164 e. The molecule has 0 saturated heterocycles. The van der Waals surface area contributed by atoms with Crippen LogP contribution in [-0.2, 0) is 0 Å². The van der Waals surface area contributed by atoms with E-state index in [9.17, 15) is 0 Å². The van der Waals surface area contributed by atoms with E-state index in [0.717, 1.165) is 32.8 Å². The standard InChI is InChI=1S/C49H31N3/c1-3-13-33(14-4-1)39-21-10-19-34-27-28-36-31-37(29-30-40(36)46(34)39)48-50-47(35-16-5-2-6-17-35)51-49(52-48)45-26-12-24-43-42(23-11-25-44(43)45)41-22-9-18-32-15-7-8-20-38(32)41/h1-31H. The van der Waals surface area contributed by atoms with Gasteiger partial charge in [-0.2, -0.15) is 0 Å². The molecule has 0 amide bonds. The zero-order valence-corrected chi connectivity index (χ0v) is 28.2. The van der Waals surface area contributed by atoms with Crippen molar-refractivity contribution in [1.29, 1.82) is 0 Å². The zero-order valence-electron chi connectivity index (χ0n) is 28.2. The molecule has 9 aromatic carbocycles. The van der Waals surface area contributed by atoms with E-state index in [1.54, 1.807) is 0 Å². The molecule has 10 aromatic rings. The number of benzene rings is 9. The first-order valence-corrected chi connectivity index (χ1v) is 17.6. The topological polar surface area (TPSA) is 38.7 Å². The summed E-state index contributed by atoms with van der Waals surface area (Å²) in [6.07, 6.45) is 0. The highest BCUT2D eigenvalue weighted by Gasteiger charge is 2.17. The summed E-state index contributed by atoms with van der Waals surface area (Å²) in [4.78, 5) is 15.4. The molecular formula is C49H31N3. The highest BCUT2D eigenvalue weighted by Crippen LogP contribution is 2.39. The van der Waals surface area contributed by atoms with Crippen LogP contribution in [0.2, 0.25) is 0 Å². The Kier molecular flexibility index (Phi) is 7.14. The summed E-state index contributed by atoms with van der Waals surface area (Å²) in [5.74, 6) is 1.94. The molecular weight excluding hydrogens is 631 g/mol. The van der Waals surface area contributed by atoms with Crippen LogP contribution in [0.25, 0.3) is 99.5 Å². The largest absolute Gasteiger partial charge is 0.208 e. The van der Waals surface area contributed by atoms with E-state index in [4.69, 9.17) is 15.0 Å². The average molecular weight is 662 g/mol. The maximum Gasteiger partial charge on any atom is 0.164 e. The summed E-state index contributed by atoms with van der Waals surface area (Å²) in [6, 6.07) is 66.4. The summed E-state index contributed by atoms with van der Waals surface area (Å²) in [6.45, 7) is 0. The van der Waals surface area contributed by atoms with Gasteiger partial charge in [0.25, 0.3) is 0 Å². The van der Waals surface area contributed by atoms with Crippen molar-refractivity contribution in [2.45, 2.75) is 0 Å². The SMILES string of the molecule is c1ccc(-c2nc(-c3ccc4c(ccc5cccc(-c6ccccc6)c54)c3)nc(-c3cccc4c(-c5cccc6ccccc56)cccc34)n2)cc1. The number of rotatable bonds is 5. The van der Waals surface area contributed by atoms with Gasteiger partial charge < -0.3 is 0 Å². The second kappa shape index (κ2) is 12.4. The van der Waals surface area contributed by atoms with Gasteiger partial charge in [-0.1, -0.05) is 182 Å². The van der Waals surface area contributed by atoms with Gasteiger partial charge in [-0.25, -0.2) is 15.0 Å². The van der Waals surface area contributed by atoms with E-state index in [-0.39, 0.29) is 0 Å². The van der Waals surface area contributed by atoms with Crippen molar-refractivity contribution in [2.75, 3.05) is 0 Å². The van der Waals surface area contributed by atoms with Crippen LogP contribution in [0.15, 0.2) is 188 Å². The van der Waals surface area contributed by atoms with Crippen LogP contribution >= 0.6 is 0 Å². The fraction of sp³-hybridized carbons (Fsp3) is 0. The van der Waals surface area contributed by atoms with Gasteiger partial charge in [-0.15, -0.1) is 0 Å². The molecule has 0 N–H and O–H groups in total. The Morgan fingerprint density at radius 3 is 1.56 bits per heavy atom. The van der Waals surface area contributed by atoms with Gasteiger partial charge in [-0.3, -0.25) is 0 Å². The number of fused-ring (bicyclic) bond motifs is 5. The normalized spacial score (nSPS) is 11.5. The lowest BCUT2D eigenvalue weighted by atomic mass is 9.92. The van der Waals surface area contributed by atoms with Crippen molar-refractivity contribution in [3.8, 4) is 56.4 Å². The summed E-state index contributed by atoms with van der Waals surface area (Å²) < 4.78 is 0. The van der Waals surface area contributed by atoms with Crippen LogP contribution in [0.5, 0.6) is 0 Å². The van der Waals surface area contributed by atoms with Gasteiger partial charge >= 0.3 is 0 Å². The van der Waals surface area contributed by atoms with E-state index in [2.05, 4.69) is 170 Å². The van der Waals surface area contributed by atoms with Gasteiger partial charge in [0, 0.05) is 16.7 Å². The van der Waals surface area contributed by atoms with Crippen LogP contribution in [0.4, 0.5) is 0 Å². The first-order valence-electron chi connectivity index (χ1n) is 17.6. The Balaban J connectivity index is 1.16. The second-order valence-electron chi connectivity index (χ2n) is 13.2. The lowest BCUT2D eigenvalue weighted by Crippen LogP contribution is -2.00. The van der Waals surface area contributed by atoms with E-state index in [0.29, 0.717) is 17.5 Å².